The molecule has 126 valence electrons. The van der Waals surface area contributed by atoms with Crippen molar-refractivity contribution in [3.8, 4) is 5.75 Å². The van der Waals surface area contributed by atoms with E-state index in [1.54, 1.807) is 36.4 Å². The van der Waals surface area contributed by atoms with Gasteiger partial charge in [0.15, 0.2) is 0 Å². The summed E-state index contributed by atoms with van der Waals surface area (Å²) in [7, 11) is 0. The number of para-hydroxylation sites is 2. The fraction of sp³-hybridized carbons (Fsp3) is 0.0500. The first-order valence-corrected chi connectivity index (χ1v) is 8.42. The Labute approximate surface area is 156 Å². The van der Waals surface area contributed by atoms with Crippen molar-refractivity contribution in [2.24, 2.45) is 0 Å². The van der Waals surface area contributed by atoms with Crippen molar-refractivity contribution in [1.29, 1.82) is 0 Å². The molecule has 0 atom stereocenters. The minimum atomic E-state index is -0.335. The number of hydrogen-bond donors (Lipinski definition) is 1. The average Bonchev–Trinajstić information content (AvgIpc) is 2.64. The molecule has 0 saturated carbocycles. The molecule has 3 nitrogen and oxygen atoms in total. The van der Waals surface area contributed by atoms with Gasteiger partial charge in [-0.15, -0.1) is 0 Å². The summed E-state index contributed by atoms with van der Waals surface area (Å²) in [4.78, 5) is 12.6. The summed E-state index contributed by atoms with van der Waals surface area (Å²) >= 11 is 12.2. The van der Waals surface area contributed by atoms with E-state index >= 15 is 0 Å². The first-order valence-electron chi connectivity index (χ1n) is 7.66. The zero-order valence-corrected chi connectivity index (χ0v) is 14.7. The van der Waals surface area contributed by atoms with Gasteiger partial charge in [0.25, 0.3) is 5.91 Å². The van der Waals surface area contributed by atoms with Crippen LogP contribution in [0.5, 0.6) is 5.75 Å². The quantitative estimate of drug-likeness (QED) is 0.612. The Morgan fingerprint density at radius 3 is 2.20 bits per heavy atom. The standard InChI is InChI=1S/C20H15Cl2NO2/c21-16-10-6-11-17(22)19(16)23-20(24)15-9-4-5-12-18(15)25-13-14-7-2-1-3-8-14/h1-12H,13H2,(H,23,24). The molecule has 25 heavy (non-hydrogen) atoms. The summed E-state index contributed by atoms with van der Waals surface area (Å²) in [6.07, 6.45) is 0. The third-order valence-corrected chi connectivity index (χ3v) is 4.20. The van der Waals surface area contributed by atoms with Crippen molar-refractivity contribution < 1.29 is 9.53 Å². The summed E-state index contributed by atoms with van der Waals surface area (Å²) in [5.74, 6) is 0.158. The molecule has 3 aromatic carbocycles. The Balaban J connectivity index is 1.79. The van der Waals surface area contributed by atoms with Crippen LogP contribution in [0.4, 0.5) is 5.69 Å². The van der Waals surface area contributed by atoms with Crippen molar-refractivity contribution in [2.75, 3.05) is 5.32 Å². The van der Waals surface area contributed by atoms with Gasteiger partial charge in [-0.2, -0.15) is 0 Å². The predicted octanol–water partition coefficient (Wildman–Crippen LogP) is 5.82. The molecule has 0 heterocycles. The highest BCUT2D eigenvalue weighted by molar-refractivity contribution is 6.40. The molecule has 0 bridgehead atoms. The van der Waals surface area contributed by atoms with Crippen LogP contribution in [-0.2, 0) is 6.61 Å². The van der Waals surface area contributed by atoms with Crippen LogP contribution in [0.3, 0.4) is 0 Å². The molecule has 3 aromatic rings. The second-order valence-electron chi connectivity index (χ2n) is 5.32. The minimum absolute atomic E-state index is 0.335. The van der Waals surface area contributed by atoms with E-state index in [2.05, 4.69) is 5.32 Å². The summed E-state index contributed by atoms with van der Waals surface area (Å²) in [6, 6.07) is 21.9. The third-order valence-electron chi connectivity index (χ3n) is 3.57. The summed E-state index contributed by atoms with van der Waals surface area (Å²) < 4.78 is 5.82. The number of ether oxygens (including phenoxy) is 1. The van der Waals surface area contributed by atoms with Gasteiger partial charge in [-0.05, 0) is 29.8 Å². The number of carbonyl (C=O) groups is 1. The maximum Gasteiger partial charge on any atom is 0.259 e. The topological polar surface area (TPSA) is 38.3 Å². The van der Waals surface area contributed by atoms with Gasteiger partial charge in [0.05, 0.1) is 21.3 Å². The molecule has 1 N–H and O–H groups in total. The van der Waals surface area contributed by atoms with E-state index in [1.807, 2.05) is 36.4 Å². The van der Waals surface area contributed by atoms with E-state index in [0.29, 0.717) is 33.7 Å². The molecule has 0 aromatic heterocycles. The minimum Gasteiger partial charge on any atom is -0.488 e. The predicted molar refractivity (Wildman–Crippen MR) is 102 cm³/mol. The number of carbonyl (C=O) groups excluding carboxylic acids is 1. The zero-order valence-electron chi connectivity index (χ0n) is 13.2. The van der Waals surface area contributed by atoms with E-state index in [9.17, 15) is 4.79 Å². The van der Waals surface area contributed by atoms with Crippen molar-refractivity contribution in [3.63, 3.8) is 0 Å². The van der Waals surface area contributed by atoms with Gasteiger partial charge < -0.3 is 10.1 Å². The fourth-order valence-electron chi connectivity index (χ4n) is 2.31. The normalized spacial score (nSPS) is 10.3. The fourth-order valence-corrected chi connectivity index (χ4v) is 2.81. The molecule has 3 rings (SSSR count). The highest BCUT2D eigenvalue weighted by Crippen LogP contribution is 2.31. The van der Waals surface area contributed by atoms with Crippen LogP contribution in [0.2, 0.25) is 10.0 Å². The molecular weight excluding hydrogens is 357 g/mol. The number of hydrogen-bond acceptors (Lipinski definition) is 2. The lowest BCUT2D eigenvalue weighted by Crippen LogP contribution is -2.14. The Kier molecular flexibility index (Phi) is 5.59. The molecule has 0 aliphatic heterocycles. The maximum atomic E-state index is 12.6. The molecule has 1 amide bonds. The number of amides is 1. The van der Waals surface area contributed by atoms with Crippen LogP contribution in [0.1, 0.15) is 15.9 Å². The van der Waals surface area contributed by atoms with E-state index in [-0.39, 0.29) is 5.91 Å². The van der Waals surface area contributed by atoms with Gasteiger partial charge in [0.2, 0.25) is 0 Å². The third kappa shape index (κ3) is 4.32. The molecule has 0 fully saturated rings. The Morgan fingerprint density at radius 2 is 1.48 bits per heavy atom. The number of halogens is 2. The monoisotopic (exact) mass is 371 g/mol. The van der Waals surface area contributed by atoms with E-state index in [0.717, 1.165) is 5.56 Å². The number of rotatable bonds is 5. The Bertz CT molecular complexity index is 862. The highest BCUT2D eigenvalue weighted by atomic mass is 35.5. The molecule has 0 spiro atoms. The van der Waals surface area contributed by atoms with Crippen LogP contribution in [0, 0.1) is 0 Å². The summed E-state index contributed by atoms with van der Waals surface area (Å²) in [5.41, 5.74) is 1.81. The Hall–Kier alpha value is -2.49. The van der Waals surface area contributed by atoms with Gasteiger partial charge >= 0.3 is 0 Å². The van der Waals surface area contributed by atoms with Crippen molar-refractivity contribution in [1.82, 2.24) is 0 Å². The second-order valence-corrected chi connectivity index (χ2v) is 6.14. The molecule has 0 aliphatic carbocycles. The largest absolute Gasteiger partial charge is 0.488 e. The zero-order chi connectivity index (χ0) is 17.6. The average molecular weight is 372 g/mol. The van der Waals surface area contributed by atoms with E-state index in [4.69, 9.17) is 27.9 Å². The molecular formula is C20H15Cl2NO2. The van der Waals surface area contributed by atoms with Crippen LogP contribution < -0.4 is 10.1 Å². The van der Waals surface area contributed by atoms with Crippen molar-refractivity contribution in [3.05, 3.63) is 94.0 Å². The lowest BCUT2D eigenvalue weighted by Gasteiger charge is -2.13. The number of anilines is 1. The van der Waals surface area contributed by atoms with Gasteiger partial charge in [-0.25, -0.2) is 0 Å². The van der Waals surface area contributed by atoms with Gasteiger partial charge in [0, 0.05) is 0 Å². The first-order chi connectivity index (χ1) is 12.1. The van der Waals surface area contributed by atoms with Crippen LogP contribution in [-0.4, -0.2) is 5.91 Å². The SMILES string of the molecule is O=C(Nc1c(Cl)cccc1Cl)c1ccccc1OCc1ccccc1. The van der Waals surface area contributed by atoms with Gasteiger partial charge in [-0.3, -0.25) is 4.79 Å². The van der Waals surface area contributed by atoms with E-state index < -0.39 is 0 Å². The molecule has 0 unspecified atom stereocenters. The number of benzene rings is 3. The highest BCUT2D eigenvalue weighted by Gasteiger charge is 2.15. The lowest BCUT2D eigenvalue weighted by atomic mass is 10.1. The lowest BCUT2D eigenvalue weighted by molar-refractivity contribution is 0.102. The summed E-state index contributed by atoms with van der Waals surface area (Å²) in [6.45, 7) is 0.373. The maximum absolute atomic E-state index is 12.6. The van der Waals surface area contributed by atoms with Crippen molar-refractivity contribution >= 4 is 34.8 Å². The molecule has 5 heteroatoms. The van der Waals surface area contributed by atoms with Crippen LogP contribution >= 0.6 is 23.2 Å². The molecule has 0 saturated heterocycles. The van der Waals surface area contributed by atoms with Crippen LogP contribution in [0.25, 0.3) is 0 Å². The summed E-state index contributed by atoms with van der Waals surface area (Å²) in [5, 5.41) is 3.51. The first kappa shape index (κ1) is 17.3. The molecule has 0 radical (unpaired) electrons. The van der Waals surface area contributed by atoms with Crippen molar-refractivity contribution in [2.45, 2.75) is 6.61 Å². The van der Waals surface area contributed by atoms with Gasteiger partial charge in [0.1, 0.15) is 12.4 Å². The Morgan fingerprint density at radius 1 is 0.840 bits per heavy atom. The van der Waals surface area contributed by atoms with E-state index in [1.165, 1.54) is 0 Å². The second kappa shape index (κ2) is 8.06. The molecule has 0 aliphatic rings. The van der Waals surface area contributed by atoms with Crippen LogP contribution in [0.15, 0.2) is 72.8 Å². The smallest absolute Gasteiger partial charge is 0.259 e. The van der Waals surface area contributed by atoms with Gasteiger partial charge in [-0.1, -0.05) is 71.7 Å². The number of nitrogens with one attached hydrogen (secondary N) is 1.